The van der Waals surface area contributed by atoms with Gasteiger partial charge in [-0.1, -0.05) is 51.9 Å². The van der Waals surface area contributed by atoms with Gasteiger partial charge in [0.05, 0.1) is 0 Å². The van der Waals surface area contributed by atoms with Crippen molar-refractivity contribution in [2.75, 3.05) is 0 Å². The van der Waals surface area contributed by atoms with Crippen molar-refractivity contribution in [3.8, 4) is 0 Å². The Morgan fingerprint density at radius 1 is 0.957 bits per heavy atom. The molecule has 0 saturated heterocycles. The number of nitrogens with two attached hydrogens (primary N) is 1. The van der Waals surface area contributed by atoms with Crippen LogP contribution in [0, 0.1) is 0 Å². The summed E-state index contributed by atoms with van der Waals surface area (Å²) in [5.41, 5.74) is 5.43. The summed E-state index contributed by atoms with van der Waals surface area (Å²) in [5.74, 6) is -2.75. The Hall–Kier alpha value is -0.430. The number of carbonyl (C=O) groups is 3. The second-order valence-corrected chi connectivity index (χ2v) is 5.54. The summed E-state index contributed by atoms with van der Waals surface area (Å²) in [6.07, 6.45) is 8.62. The van der Waals surface area contributed by atoms with Crippen LogP contribution in [0.15, 0.2) is 0 Å². The first kappa shape index (κ1) is 24.8. The molecule has 0 aliphatic carbocycles. The average molecular weight is 337 g/mol. The van der Waals surface area contributed by atoms with E-state index in [-0.39, 0.29) is 48.8 Å². The van der Waals surface area contributed by atoms with Crippen molar-refractivity contribution in [2.45, 2.75) is 83.6 Å². The smallest absolute Gasteiger partial charge is 0.550 e. The largest absolute Gasteiger partial charge is 1.00 e. The number of carboxylic acids is 1. The van der Waals surface area contributed by atoms with Crippen LogP contribution in [0.3, 0.4) is 0 Å². The predicted molar refractivity (Wildman–Crippen MR) is 80.5 cm³/mol. The fourth-order valence-corrected chi connectivity index (χ4v) is 2.03. The number of ether oxygens (including phenoxy) is 1. The normalized spacial score (nSPS) is 11.4. The molecule has 0 aromatic heterocycles. The maximum absolute atomic E-state index is 11.4. The molecule has 7 heteroatoms. The summed E-state index contributed by atoms with van der Waals surface area (Å²) in [6.45, 7) is 2.18. The quantitative estimate of drug-likeness (QED) is 0.189. The molecule has 0 fully saturated rings. The van der Waals surface area contributed by atoms with Crippen molar-refractivity contribution < 1.29 is 53.8 Å². The standard InChI is InChI=1S/C16H29NO5.Na/c1-2-3-4-5-6-7-8-9-10-15(20)22-16(21)13(17)11-12-14(18)19;/h13H,2-12,17H2,1H3,(H,18,19);/q;+1/p-1. The third-order valence-corrected chi connectivity index (χ3v) is 3.41. The molecule has 0 aromatic carbocycles. The number of carboxylic acid groups (broad SMARTS) is 1. The minimum absolute atomic E-state index is 0. The molecule has 0 heterocycles. The molecule has 6 nitrogen and oxygen atoms in total. The number of carbonyl (C=O) groups excluding carboxylic acids is 3. The second kappa shape index (κ2) is 16.4. The molecule has 1 unspecified atom stereocenters. The van der Waals surface area contributed by atoms with Crippen LogP contribution in [-0.2, 0) is 19.1 Å². The van der Waals surface area contributed by atoms with E-state index in [4.69, 9.17) is 5.73 Å². The number of hydrogen-bond acceptors (Lipinski definition) is 6. The summed E-state index contributed by atoms with van der Waals surface area (Å²) in [6, 6.07) is -1.10. The van der Waals surface area contributed by atoms with E-state index in [1.807, 2.05) is 0 Å². The summed E-state index contributed by atoms with van der Waals surface area (Å²) in [4.78, 5) is 33.1. The van der Waals surface area contributed by atoms with Crippen LogP contribution in [0.4, 0.5) is 0 Å². The van der Waals surface area contributed by atoms with Crippen LogP contribution >= 0.6 is 0 Å². The van der Waals surface area contributed by atoms with Crippen LogP contribution in [0.1, 0.15) is 77.6 Å². The van der Waals surface area contributed by atoms with Gasteiger partial charge in [0.2, 0.25) is 0 Å². The number of aliphatic carboxylic acids is 1. The first-order valence-electron chi connectivity index (χ1n) is 8.17. The summed E-state index contributed by atoms with van der Waals surface area (Å²) >= 11 is 0. The zero-order valence-electron chi connectivity index (χ0n) is 14.5. The number of esters is 2. The van der Waals surface area contributed by atoms with Gasteiger partial charge in [0.25, 0.3) is 0 Å². The average Bonchev–Trinajstić information content (AvgIpc) is 2.47. The SMILES string of the molecule is CCCCCCCCCCC(=O)OC(=O)C(N)CCC(=O)[O-].[Na+]. The van der Waals surface area contributed by atoms with Crippen molar-refractivity contribution in [2.24, 2.45) is 5.73 Å². The van der Waals surface area contributed by atoms with Gasteiger partial charge in [0.1, 0.15) is 6.04 Å². The monoisotopic (exact) mass is 337 g/mol. The third-order valence-electron chi connectivity index (χ3n) is 3.41. The van der Waals surface area contributed by atoms with Gasteiger partial charge in [0, 0.05) is 12.4 Å². The molecule has 0 spiro atoms. The van der Waals surface area contributed by atoms with E-state index in [0.29, 0.717) is 6.42 Å². The fourth-order valence-electron chi connectivity index (χ4n) is 2.03. The number of rotatable bonds is 13. The van der Waals surface area contributed by atoms with Crippen molar-refractivity contribution in [3.05, 3.63) is 0 Å². The third kappa shape index (κ3) is 16.2. The van der Waals surface area contributed by atoms with Crippen LogP contribution in [0.2, 0.25) is 0 Å². The maximum Gasteiger partial charge on any atom is 1.00 e. The molecule has 0 bridgehead atoms. The van der Waals surface area contributed by atoms with Crippen LogP contribution in [0.5, 0.6) is 0 Å². The number of hydrogen-bond donors (Lipinski definition) is 1. The summed E-state index contributed by atoms with van der Waals surface area (Å²) < 4.78 is 4.59. The van der Waals surface area contributed by atoms with E-state index < -0.39 is 23.9 Å². The van der Waals surface area contributed by atoms with E-state index in [0.717, 1.165) is 12.8 Å². The van der Waals surface area contributed by atoms with Gasteiger partial charge in [0.15, 0.2) is 0 Å². The molecule has 0 aliphatic heterocycles. The molecule has 0 amide bonds. The first-order valence-corrected chi connectivity index (χ1v) is 8.17. The summed E-state index contributed by atoms with van der Waals surface area (Å²) in [5, 5.41) is 10.2. The molecule has 0 saturated carbocycles. The Labute approximate surface area is 160 Å². The molecule has 23 heavy (non-hydrogen) atoms. The van der Waals surface area contributed by atoms with E-state index in [9.17, 15) is 19.5 Å². The minimum Gasteiger partial charge on any atom is -0.550 e. The van der Waals surface area contributed by atoms with Gasteiger partial charge in [-0.25, -0.2) is 4.79 Å². The predicted octanol–water partition coefficient (Wildman–Crippen LogP) is -1.55. The Morgan fingerprint density at radius 2 is 1.48 bits per heavy atom. The molecule has 1 atom stereocenters. The molecular weight excluding hydrogens is 309 g/mol. The Bertz CT molecular complexity index is 349. The Balaban J connectivity index is 0. The zero-order chi connectivity index (χ0) is 16.8. The Kier molecular flexibility index (Phi) is 17.7. The molecule has 0 radical (unpaired) electrons. The van der Waals surface area contributed by atoms with Gasteiger partial charge < -0.3 is 20.4 Å². The maximum atomic E-state index is 11.4. The van der Waals surface area contributed by atoms with Gasteiger partial charge >= 0.3 is 41.5 Å². The fraction of sp³-hybridized carbons (Fsp3) is 0.812. The first-order chi connectivity index (χ1) is 10.5. The van der Waals surface area contributed by atoms with Gasteiger partial charge in [-0.2, -0.15) is 0 Å². The van der Waals surface area contributed by atoms with Crippen molar-refractivity contribution in [1.82, 2.24) is 0 Å². The topological polar surface area (TPSA) is 110 Å². The van der Waals surface area contributed by atoms with Crippen molar-refractivity contribution in [1.29, 1.82) is 0 Å². The van der Waals surface area contributed by atoms with Crippen LogP contribution in [-0.4, -0.2) is 23.9 Å². The van der Waals surface area contributed by atoms with Crippen LogP contribution in [0.25, 0.3) is 0 Å². The van der Waals surface area contributed by atoms with Gasteiger partial charge in [-0.3, -0.25) is 4.79 Å². The molecule has 0 aromatic rings. The van der Waals surface area contributed by atoms with Crippen LogP contribution < -0.4 is 40.4 Å². The van der Waals surface area contributed by atoms with E-state index in [1.54, 1.807) is 0 Å². The second-order valence-electron chi connectivity index (χ2n) is 5.54. The van der Waals surface area contributed by atoms with Gasteiger partial charge in [-0.15, -0.1) is 0 Å². The molecule has 0 rings (SSSR count). The molecular formula is C16H28NNaO5. The van der Waals surface area contributed by atoms with Crippen molar-refractivity contribution in [3.63, 3.8) is 0 Å². The van der Waals surface area contributed by atoms with Gasteiger partial charge in [-0.05, 0) is 19.3 Å². The minimum atomic E-state index is -1.28. The Morgan fingerprint density at radius 3 is 2.00 bits per heavy atom. The van der Waals surface area contributed by atoms with Crippen molar-refractivity contribution >= 4 is 17.9 Å². The zero-order valence-corrected chi connectivity index (χ0v) is 16.5. The van der Waals surface area contributed by atoms with E-state index in [1.165, 1.54) is 32.1 Å². The number of unbranched alkanes of at least 4 members (excludes halogenated alkanes) is 7. The molecule has 2 N–H and O–H groups in total. The summed E-state index contributed by atoms with van der Waals surface area (Å²) in [7, 11) is 0. The molecule has 0 aliphatic rings. The van der Waals surface area contributed by atoms with E-state index in [2.05, 4.69) is 11.7 Å². The molecule has 128 valence electrons. The van der Waals surface area contributed by atoms with E-state index >= 15 is 0 Å².